The number of rotatable bonds is 6. The molecule has 0 radical (unpaired) electrons. The standard InChI is InChI=1S/C12H26N2O2/c1-6-8-10(13-7-2)9-14-11(15)16-12(3,4)5/h10,13H,6-9H2,1-5H3,(H,14,15). The Morgan fingerprint density at radius 1 is 1.31 bits per heavy atom. The summed E-state index contributed by atoms with van der Waals surface area (Å²) < 4.78 is 5.17. The number of hydrogen-bond donors (Lipinski definition) is 2. The third kappa shape index (κ3) is 8.53. The van der Waals surface area contributed by atoms with E-state index >= 15 is 0 Å². The first-order chi connectivity index (χ1) is 7.39. The van der Waals surface area contributed by atoms with Gasteiger partial charge in [0.2, 0.25) is 0 Å². The number of likely N-dealkylation sites (N-methyl/N-ethyl adjacent to an activating group) is 1. The first-order valence-corrected chi connectivity index (χ1v) is 6.09. The minimum absolute atomic E-state index is 0.336. The number of carbonyl (C=O) groups is 1. The summed E-state index contributed by atoms with van der Waals surface area (Å²) in [4.78, 5) is 11.4. The highest BCUT2D eigenvalue weighted by Gasteiger charge is 2.16. The van der Waals surface area contributed by atoms with Crippen LogP contribution in [0.4, 0.5) is 4.79 Å². The number of amides is 1. The Kier molecular flexibility index (Phi) is 7.13. The molecule has 0 saturated heterocycles. The van der Waals surface area contributed by atoms with Crippen LogP contribution in [-0.2, 0) is 4.74 Å². The summed E-state index contributed by atoms with van der Waals surface area (Å²) in [6.07, 6.45) is 1.82. The van der Waals surface area contributed by atoms with E-state index in [2.05, 4.69) is 24.5 Å². The predicted molar refractivity (Wildman–Crippen MR) is 66.6 cm³/mol. The van der Waals surface area contributed by atoms with E-state index < -0.39 is 5.60 Å². The average Bonchev–Trinajstić information content (AvgIpc) is 2.12. The Morgan fingerprint density at radius 2 is 1.94 bits per heavy atom. The molecule has 0 aromatic heterocycles. The van der Waals surface area contributed by atoms with Crippen LogP contribution in [0.25, 0.3) is 0 Å². The normalized spacial score (nSPS) is 13.3. The van der Waals surface area contributed by atoms with E-state index in [0.29, 0.717) is 12.6 Å². The maximum Gasteiger partial charge on any atom is 0.407 e. The monoisotopic (exact) mass is 230 g/mol. The first-order valence-electron chi connectivity index (χ1n) is 6.09. The van der Waals surface area contributed by atoms with Gasteiger partial charge in [0, 0.05) is 12.6 Å². The SMILES string of the molecule is CCCC(CNC(=O)OC(C)(C)C)NCC. The molecule has 1 atom stereocenters. The second-order valence-corrected chi connectivity index (χ2v) is 4.93. The van der Waals surface area contributed by atoms with Gasteiger partial charge in [-0.2, -0.15) is 0 Å². The summed E-state index contributed by atoms with van der Waals surface area (Å²) in [5.41, 5.74) is -0.428. The van der Waals surface area contributed by atoms with Crippen molar-refractivity contribution < 1.29 is 9.53 Å². The molecule has 0 bridgehead atoms. The molecule has 0 saturated carbocycles. The van der Waals surface area contributed by atoms with Crippen molar-refractivity contribution in [3.8, 4) is 0 Å². The van der Waals surface area contributed by atoms with E-state index in [9.17, 15) is 4.79 Å². The zero-order valence-electron chi connectivity index (χ0n) is 11.2. The quantitative estimate of drug-likeness (QED) is 0.736. The van der Waals surface area contributed by atoms with Crippen molar-refractivity contribution in [2.45, 2.75) is 59.1 Å². The number of carbonyl (C=O) groups excluding carboxylic acids is 1. The zero-order chi connectivity index (χ0) is 12.6. The lowest BCUT2D eigenvalue weighted by atomic mass is 10.1. The van der Waals surface area contributed by atoms with Gasteiger partial charge in [-0.25, -0.2) is 4.79 Å². The molecular formula is C12H26N2O2. The van der Waals surface area contributed by atoms with Gasteiger partial charge in [0.25, 0.3) is 0 Å². The lowest BCUT2D eigenvalue weighted by Crippen LogP contribution is -2.42. The van der Waals surface area contributed by atoms with Crippen molar-refractivity contribution in [2.75, 3.05) is 13.1 Å². The third-order valence-corrected chi connectivity index (χ3v) is 2.02. The summed E-state index contributed by atoms with van der Waals surface area (Å²) in [6, 6.07) is 0.336. The summed E-state index contributed by atoms with van der Waals surface area (Å²) in [5.74, 6) is 0. The van der Waals surface area contributed by atoms with Crippen LogP contribution in [0.3, 0.4) is 0 Å². The van der Waals surface area contributed by atoms with Gasteiger partial charge >= 0.3 is 6.09 Å². The Hall–Kier alpha value is -0.770. The molecule has 0 aliphatic rings. The van der Waals surface area contributed by atoms with Gasteiger partial charge in [-0.3, -0.25) is 0 Å². The molecule has 0 fully saturated rings. The largest absolute Gasteiger partial charge is 0.444 e. The maximum absolute atomic E-state index is 11.4. The lowest BCUT2D eigenvalue weighted by molar-refractivity contribution is 0.0522. The molecule has 1 amide bonds. The van der Waals surface area contributed by atoms with Gasteiger partial charge in [0.1, 0.15) is 5.60 Å². The summed E-state index contributed by atoms with van der Waals surface area (Å²) >= 11 is 0. The Morgan fingerprint density at radius 3 is 2.38 bits per heavy atom. The van der Waals surface area contributed by atoms with Crippen LogP contribution in [0.1, 0.15) is 47.5 Å². The van der Waals surface area contributed by atoms with Gasteiger partial charge in [0.05, 0.1) is 0 Å². The molecule has 4 nitrogen and oxygen atoms in total. The van der Waals surface area contributed by atoms with Gasteiger partial charge in [-0.15, -0.1) is 0 Å². The number of hydrogen-bond acceptors (Lipinski definition) is 3. The minimum Gasteiger partial charge on any atom is -0.444 e. The second-order valence-electron chi connectivity index (χ2n) is 4.93. The molecule has 0 heterocycles. The molecule has 4 heteroatoms. The van der Waals surface area contributed by atoms with Crippen molar-refractivity contribution in [2.24, 2.45) is 0 Å². The predicted octanol–water partition coefficient (Wildman–Crippen LogP) is 2.29. The van der Waals surface area contributed by atoms with Crippen molar-refractivity contribution >= 4 is 6.09 Å². The van der Waals surface area contributed by atoms with Crippen molar-refractivity contribution in [1.29, 1.82) is 0 Å². The van der Waals surface area contributed by atoms with Crippen LogP contribution < -0.4 is 10.6 Å². The van der Waals surface area contributed by atoms with E-state index in [0.717, 1.165) is 19.4 Å². The number of nitrogens with one attached hydrogen (secondary N) is 2. The van der Waals surface area contributed by atoms with Gasteiger partial charge in [-0.1, -0.05) is 20.3 Å². The van der Waals surface area contributed by atoms with Gasteiger partial charge in [0.15, 0.2) is 0 Å². The van der Waals surface area contributed by atoms with Crippen LogP contribution in [0.5, 0.6) is 0 Å². The van der Waals surface area contributed by atoms with Crippen LogP contribution >= 0.6 is 0 Å². The zero-order valence-corrected chi connectivity index (χ0v) is 11.2. The minimum atomic E-state index is -0.428. The molecule has 0 rings (SSSR count). The molecule has 0 spiro atoms. The highest BCUT2D eigenvalue weighted by Crippen LogP contribution is 2.06. The van der Waals surface area contributed by atoms with Crippen molar-refractivity contribution in [3.05, 3.63) is 0 Å². The van der Waals surface area contributed by atoms with E-state index in [1.165, 1.54) is 0 Å². The fourth-order valence-corrected chi connectivity index (χ4v) is 1.43. The molecule has 0 aliphatic heterocycles. The smallest absolute Gasteiger partial charge is 0.407 e. The molecule has 0 aromatic rings. The van der Waals surface area contributed by atoms with E-state index in [-0.39, 0.29) is 6.09 Å². The number of ether oxygens (including phenoxy) is 1. The summed E-state index contributed by atoms with van der Waals surface area (Å²) in [6.45, 7) is 11.3. The highest BCUT2D eigenvalue weighted by atomic mass is 16.6. The lowest BCUT2D eigenvalue weighted by Gasteiger charge is -2.22. The van der Waals surface area contributed by atoms with E-state index in [4.69, 9.17) is 4.74 Å². The molecule has 2 N–H and O–H groups in total. The Bertz CT molecular complexity index is 194. The summed E-state index contributed by atoms with van der Waals surface area (Å²) in [7, 11) is 0. The first kappa shape index (κ1) is 15.2. The summed E-state index contributed by atoms with van der Waals surface area (Å²) in [5, 5.41) is 6.12. The number of alkyl carbamates (subject to hydrolysis) is 1. The van der Waals surface area contributed by atoms with E-state index in [1.807, 2.05) is 20.8 Å². The van der Waals surface area contributed by atoms with Crippen molar-refractivity contribution in [1.82, 2.24) is 10.6 Å². The molecule has 16 heavy (non-hydrogen) atoms. The molecule has 0 aliphatic carbocycles. The molecule has 0 aromatic carbocycles. The highest BCUT2D eigenvalue weighted by molar-refractivity contribution is 5.67. The average molecular weight is 230 g/mol. The van der Waals surface area contributed by atoms with E-state index in [1.54, 1.807) is 0 Å². The van der Waals surface area contributed by atoms with Crippen LogP contribution in [0.2, 0.25) is 0 Å². The fourth-order valence-electron chi connectivity index (χ4n) is 1.43. The second kappa shape index (κ2) is 7.49. The molecule has 1 unspecified atom stereocenters. The topological polar surface area (TPSA) is 50.4 Å². The van der Waals surface area contributed by atoms with Crippen LogP contribution in [0.15, 0.2) is 0 Å². The van der Waals surface area contributed by atoms with Gasteiger partial charge in [-0.05, 0) is 33.7 Å². The van der Waals surface area contributed by atoms with Crippen LogP contribution in [0, 0.1) is 0 Å². The van der Waals surface area contributed by atoms with Crippen LogP contribution in [-0.4, -0.2) is 30.8 Å². The third-order valence-electron chi connectivity index (χ3n) is 2.02. The van der Waals surface area contributed by atoms with Crippen molar-refractivity contribution in [3.63, 3.8) is 0 Å². The fraction of sp³-hybridized carbons (Fsp3) is 0.917. The molecular weight excluding hydrogens is 204 g/mol. The maximum atomic E-state index is 11.4. The Labute approximate surface area is 99.1 Å². The van der Waals surface area contributed by atoms with Gasteiger partial charge < -0.3 is 15.4 Å². The Balaban J connectivity index is 3.86. The molecule has 96 valence electrons.